The molecule has 1 heterocycles. The van der Waals surface area contributed by atoms with Crippen LogP contribution in [0.25, 0.3) is 0 Å². The van der Waals surface area contributed by atoms with Crippen molar-refractivity contribution in [1.29, 1.82) is 0 Å². The summed E-state index contributed by atoms with van der Waals surface area (Å²) in [5.74, 6) is -1.38. The Hall–Kier alpha value is -1.60. The van der Waals surface area contributed by atoms with Gasteiger partial charge in [-0.2, -0.15) is 11.3 Å². The van der Waals surface area contributed by atoms with Crippen LogP contribution in [0, 0.1) is 0 Å². The summed E-state index contributed by atoms with van der Waals surface area (Å²) in [7, 11) is 0. The average molecular weight is 258 g/mol. The summed E-state index contributed by atoms with van der Waals surface area (Å²) in [5, 5.41) is 26.6. The van der Waals surface area contributed by atoms with Gasteiger partial charge in [-0.15, -0.1) is 0 Å². The van der Waals surface area contributed by atoms with Gasteiger partial charge in [0.25, 0.3) is 0 Å². The fourth-order valence-electron chi connectivity index (χ4n) is 0.966. The molecule has 0 aliphatic rings. The van der Waals surface area contributed by atoms with Gasteiger partial charge in [-0.25, -0.2) is 9.59 Å². The van der Waals surface area contributed by atoms with Crippen LogP contribution in [0.3, 0.4) is 0 Å². The number of amides is 2. The number of aliphatic carboxylic acids is 1. The lowest BCUT2D eigenvalue weighted by Crippen LogP contribution is -2.48. The number of nitrogens with one attached hydrogen (secondary N) is 2. The molecule has 1 atom stereocenters. The van der Waals surface area contributed by atoms with Crippen molar-refractivity contribution in [3.05, 3.63) is 22.4 Å². The molecule has 0 spiro atoms. The number of hydrogen-bond donors (Lipinski definition) is 4. The molecule has 0 saturated heterocycles. The minimum atomic E-state index is -1.96. The van der Waals surface area contributed by atoms with Crippen LogP contribution in [0.4, 0.5) is 4.79 Å². The van der Waals surface area contributed by atoms with E-state index in [1.807, 2.05) is 16.8 Å². The van der Waals surface area contributed by atoms with Gasteiger partial charge in [0.2, 0.25) is 0 Å². The zero-order valence-electron chi connectivity index (χ0n) is 9.27. The van der Waals surface area contributed by atoms with Crippen molar-refractivity contribution in [2.45, 2.75) is 19.1 Å². The second-order valence-corrected chi connectivity index (χ2v) is 4.53. The van der Waals surface area contributed by atoms with Crippen LogP contribution in [-0.2, 0) is 11.3 Å². The Morgan fingerprint density at radius 1 is 1.47 bits per heavy atom. The molecule has 1 rings (SSSR count). The Morgan fingerprint density at radius 2 is 2.18 bits per heavy atom. The van der Waals surface area contributed by atoms with Gasteiger partial charge in [0, 0.05) is 6.54 Å². The first-order chi connectivity index (χ1) is 7.92. The minimum absolute atomic E-state index is 0.349. The first-order valence-electron chi connectivity index (χ1n) is 4.90. The Bertz CT molecular complexity index is 389. The van der Waals surface area contributed by atoms with Crippen molar-refractivity contribution in [2.24, 2.45) is 0 Å². The number of hydrogen-bond acceptors (Lipinski definition) is 4. The van der Waals surface area contributed by atoms with Crippen LogP contribution in [-0.4, -0.2) is 34.4 Å². The highest BCUT2D eigenvalue weighted by Crippen LogP contribution is 2.05. The maximum atomic E-state index is 11.3. The number of carboxylic acid groups (broad SMARTS) is 1. The minimum Gasteiger partial charge on any atom is -0.479 e. The standard InChI is InChI=1S/C10H14N2O4S/c1-10(16,8(13)14)6-12-9(15)11-4-7-2-3-17-5-7/h2-3,5,16H,4,6H2,1H3,(H,13,14)(H2,11,12,15). The van der Waals surface area contributed by atoms with Gasteiger partial charge < -0.3 is 20.8 Å². The molecule has 4 N–H and O–H groups in total. The Kier molecular flexibility index (Phi) is 4.47. The molecule has 0 bridgehead atoms. The second-order valence-electron chi connectivity index (χ2n) is 3.75. The highest BCUT2D eigenvalue weighted by atomic mass is 32.1. The van der Waals surface area contributed by atoms with Crippen LogP contribution < -0.4 is 10.6 Å². The van der Waals surface area contributed by atoms with Crippen LogP contribution in [0.15, 0.2) is 16.8 Å². The average Bonchev–Trinajstić information content (AvgIpc) is 2.76. The normalized spacial score (nSPS) is 13.8. The molecule has 0 saturated carbocycles. The summed E-state index contributed by atoms with van der Waals surface area (Å²) in [4.78, 5) is 21.8. The van der Waals surface area contributed by atoms with Gasteiger partial charge in [0.15, 0.2) is 5.60 Å². The monoisotopic (exact) mass is 258 g/mol. The fraction of sp³-hybridized carbons (Fsp3) is 0.400. The molecule has 1 aromatic heterocycles. The van der Waals surface area contributed by atoms with Crippen molar-refractivity contribution >= 4 is 23.3 Å². The smallest absolute Gasteiger partial charge is 0.337 e. The van der Waals surface area contributed by atoms with E-state index >= 15 is 0 Å². The molecule has 1 unspecified atom stereocenters. The lowest BCUT2D eigenvalue weighted by molar-refractivity contribution is -0.155. The predicted octanol–water partition coefficient (Wildman–Crippen LogP) is 0.383. The maximum Gasteiger partial charge on any atom is 0.337 e. The summed E-state index contributed by atoms with van der Waals surface area (Å²) in [6.45, 7) is 1.14. The van der Waals surface area contributed by atoms with Crippen LogP contribution >= 0.6 is 11.3 Å². The van der Waals surface area contributed by atoms with Crippen molar-refractivity contribution < 1.29 is 19.8 Å². The zero-order valence-corrected chi connectivity index (χ0v) is 10.1. The third-order valence-corrected chi connectivity index (χ3v) is 2.82. The Balaban J connectivity index is 2.28. The second kappa shape index (κ2) is 5.65. The van der Waals surface area contributed by atoms with Crippen LogP contribution in [0.2, 0.25) is 0 Å². The van der Waals surface area contributed by atoms with E-state index in [4.69, 9.17) is 5.11 Å². The third-order valence-electron chi connectivity index (χ3n) is 2.09. The van der Waals surface area contributed by atoms with Gasteiger partial charge in [-0.3, -0.25) is 0 Å². The van der Waals surface area contributed by atoms with Gasteiger partial charge in [-0.05, 0) is 29.3 Å². The summed E-state index contributed by atoms with van der Waals surface area (Å²) < 4.78 is 0. The van der Waals surface area contributed by atoms with Crippen LogP contribution in [0.1, 0.15) is 12.5 Å². The van der Waals surface area contributed by atoms with Crippen LogP contribution in [0.5, 0.6) is 0 Å². The van der Waals surface area contributed by atoms with E-state index < -0.39 is 17.6 Å². The van der Waals surface area contributed by atoms with Crippen molar-refractivity contribution in [2.75, 3.05) is 6.54 Å². The molecule has 0 aromatic carbocycles. The number of carbonyl (C=O) groups excluding carboxylic acids is 1. The molecule has 94 valence electrons. The molecule has 0 aliphatic carbocycles. The van der Waals surface area contributed by atoms with E-state index in [1.54, 1.807) is 0 Å². The van der Waals surface area contributed by atoms with E-state index in [2.05, 4.69) is 10.6 Å². The topological polar surface area (TPSA) is 98.7 Å². The molecule has 0 radical (unpaired) electrons. The molecule has 1 aromatic rings. The summed E-state index contributed by atoms with van der Waals surface area (Å²) in [6.07, 6.45) is 0. The van der Waals surface area contributed by atoms with Gasteiger partial charge in [0.1, 0.15) is 0 Å². The van der Waals surface area contributed by atoms with Gasteiger partial charge >= 0.3 is 12.0 Å². The Morgan fingerprint density at radius 3 is 2.71 bits per heavy atom. The first kappa shape index (κ1) is 13.5. The molecule has 7 heteroatoms. The largest absolute Gasteiger partial charge is 0.479 e. The van der Waals surface area contributed by atoms with E-state index in [9.17, 15) is 14.7 Å². The van der Waals surface area contributed by atoms with Crippen molar-refractivity contribution in [3.8, 4) is 0 Å². The van der Waals surface area contributed by atoms with E-state index in [0.717, 1.165) is 12.5 Å². The summed E-state index contributed by atoms with van der Waals surface area (Å²) in [5.41, 5.74) is -0.991. The molecule has 6 nitrogen and oxygen atoms in total. The van der Waals surface area contributed by atoms with E-state index in [1.165, 1.54) is 11.3 Å². The number of aliphatic hydroxyl groups is 1. The SMILES string of the molecule is CC(O)(CNC(=O)NCc1ccsc1)C(=O)O. The lowest BCUT2D eigenvalue weighted by Gasteiger charge is -2.18. The maximum absolute atomic E-state index is 11.3. The first-order valence-corrected chi connectivity index (χ1v) is 5.84. The lowest BCUT2D eigenvalue weighted by atomic mass is 10.1. The summed E-state index contributed by atoms with van der Waals surface area (Å²) in [6, 6.07) is 1.36. The molecule has 0 fully saturated rings. The fourth-order valence-corrected chi connectivity index (χ4v) is 1.63. The van der Waals surface area contributed by atoms with Crippen molar-refractivity contribution in [1.82, 2.24) is 10.6 Å². The molecular formula is C10H14N2O4S. The van der Waals surface area contributed by atoms with E-state index in [0.29, 0.717) is 6.54 Å². The summed E-state index contributed by atoms with van der Waals surface area (Å²) >= 11 is 1.52. The number of rotatable bonds is 5. The molecule has 0 aliphatic heterocycles. The molecule has 2 amide bonds. The highest BCUT2D eigenvalue weighted by molar-refractivity contribution is 7.07. The van der Waals surface area contributed by atoms with E-state index in [-0.39, 0.29) is 6.54 Å². The zero-order chi connectivity index (χ0) is 12.9. The molecular weight excluding hydrogens is 244 g/mol. The quantitative estimate of drug-likeness (QED) is 0.613. The van der Waals surface area contributed by atoms with Gasteiger partial charge in [-0.1, -0.05) is 0 Å². The highest BCUT2D eigenvalue weighted by Gasteiger charge is 2.30. The van der Waals surface area contributed by atoms with Crippen molar-refractivity contribution in [3.63, 3.8) is 0 Å². The molecule has 17 heavy (non-hydrogen) atoms. The predicted molar refractivity (Wildman–Crippen MR) is 62.8 cm³/mol. The number of carboxylic acids is 1. The van der Waals surface area contributed by atoms with Gasteiger partial charge in [0.05, 0.1) is 6.54 Å². The number of urea groups is 1. The Labute approximate surface area is 102 Å². The third kappa shape index (κ3) is 4.41. The number of thiophene rings is 1. The number of carbonyl (C=O) groups is 2.